The summed E-state index contributed by atoms with van der Waals surface area (Å²) in [4.78, 5) is 4.52. The van der Waals surface area contributed by atoms with Crippen LogP contribution in [0, 0.1) is 0 Å². The van der Waals surface area contributed by atoms with Gasteiger partial charge in [-0.25, -0.2) is 4.99 Å². The minimum Gasteiger partial charge on any atom is -0.484 e. The summed E-state index contributed by atoms with van der Waals surface area (Å²) >= 11 is 0. The van der Waals surface area contributed by atoms with Crippen LogP contribution < -0.4 is 15.4 Å². The number of ether oxygens (including phenoxy) is 1. The Kier molecular flexibility index (Phi) is 10.0. The van der Waals surface area contributed by atoms with E-state index in [1.54, 1.807) is 12.1 Å². The second-order valence-corrected chi connectivity index (χ2v) is 6.82. The summed E-state index contributed by atoms with van der Waals surface area (Å²) in [5.74, 6) is 1.76. The number of nitrogens with zero attached hydrogens (tertiary/aromatic N) is 4. The van der Waals surface area contributed by atoms with E-state index in [-0.39, 0.29) is 29.7 Å². The number of benzene rings is 1. The highest BCUT2D eigenvalue weighted by molar-refractivity contribution is 14.0. The molecular formula is C21H26F3IN6O. The van der Waals surface area contributed by atoms with Crippen molar-refractivity contribution in [3.63, 3.8) is 0 Å². The number of hydrogen-bond acceptors (Lipinski definition) is 4. The van der Waals surface area contributed by atoms with Gasteiger partial charge in [-0.15, -0.1) is 34.2 Å². The van der Waals surface area contributed by atoms with Crippen LogP contribution in [0.2, 0.25) is 0 Å². The Morgan fingerprint density at radius 1 is 1.09 bits per heavy atom. The number of aliphatic imine (C=N–C) groups is 1. The Bertz CT molecular complexity index is 991. The molecule has 0 aliphatic heterocycles. The fourth-order valence-corrected chi connectivity index (χ4v) is 2.88. The molecule has 3 aromatic rings. The lowest BCUT2D eigenvalue weighted by atomic mass is 10.2. The molecule has 174 valence electrons. The van der Waals surface area contributed by atoms with Gasteiger partial charge < -0.3 is 15.4 Å². The van der Waals surface area contributed by atoms with Crippen molar-refractivity contribution < 1.29 is 17.9 Å². The number of hydrogen-bond donors (Lipinski definition) is 2. The van der Waals surface area contributed by atoms with Crippen LogP contribution in [0.25, 0.3) is 5.65 Å². The zero-order chi connectivity index (χ0) is 22.1. The predicted molar refractivity (Wildman–Crippen MR) is 128 cm³/mol. The van der Waals surface area contributed by atoms with Crippen molar-refractivity contribution in [3.8, 4) is 5.75 Å². The van der Waals surface area contributed by atoms with Crippen LogP contribution in [-0.4, -0.2) is 46.4 Å². The Morgan fingerprint density at radius 2 is 1.88 bits per heavy atom. The summed E-state index contributed by atoms with van der Waals surface area (Å²) in [5, 5.41) is 14.8. The third-order valence-electron chi connectivity index (χ3n) is 4.34. The number of rotatable bonds is 9. The lowest BCUT2D eigenvalue weighted by molar-refractivity contribution is -0.153. The van der Waals surface area contributed by atoms with Crippen molar-refractivity contribution in [2.24, 2.45) is 4.99 Å². The molecule has 0 aliphatic rings. The van der Waals surface area contributed by atoms with Crippen LogP contribution in [0.4, 0.5) is 13.2 Å². The summed E-state index contributed by atoms with van der Waals surface area (Å²) in [5.41, 5.74) is 1.70. The quantitative estimate of drug-likeness (QED) is 0.179. The molecule has 0 saturated heterocycles. The van der Waals surface area contributed by atoms with Crippen molar-refractivity contribution in [3.05, 3.63) is 60.0 Å². The molecule has 0 radical (unpaired) electrons. The van der Waals surface area contributed by atoms with Gasteiger partial charge in [0.05, 0.1) is 6.54 Å². The smallest absolute Gasteiger partial charge is 0.422 e. The number of aryl methyl sites for hydroxylation is 1. The van der Waals surface area contributed by atoms with Crippen molar-refractivity contribution in [1.82, 2.24) is 25.2 Å². The van der Waals surface area contributed by atoms with E-state index in [1.807, 2.05) is 35.7 Å². The molecule has 1 aromatic carbocycles. The molecule has 2 N–H and O–H groups in total. The third-order valence-corrected chi connectivity index (χ3v) is 4.34. The Hall–Kier alpha value is -2.57. The number of guanidine groups is 1. The SMILES string of the molecule is CCNC(=NCc1ccc(OCC(F)(F)F)cc1)NCCCc1nnc2ccccn12.I. The van der Waals surface area contributed by atoms with E-state index in [0.717, 1.165) is 29.9 Å². The van der Waals surface area contributed by atoms with Crippen molar-refractivity contribution in [1.29, 1.82) is 0 Å². The molecule has 0 fully saturated rings. The fourth-order valence-electron chi connectivity index (χ4n) is 2.88. The second-order valence-electron chi connectivity index (χ2n) is 6.82. The molecule has 7 nitrogen and oxygen atoms in total. The van der Waals surface area contributed by atoms with Crippen LogP contribution >= 0.6 is 24.0 Å². The molecule has 0 unspecified atom stereocenters. The number of pyridine rings is 1. The first kappa shape index (κ1) is 25.7. The summed E-state index contributed by atoms with van der Waals surface area (Å²) in [6, 6.07) is 12.2. The van der Waals surface area contributed by atoms with Gasteiger partial charge in [-0.05, 0) is 43.2 Å². The molecular weight excluding hydrogens is 536 g/mol. The van der Waals surface area contributed by atoms with Crippen LogP contribution in [0.3, 0.4) is 0 Å². The molecule has 0 amide bonds. The van der Waals surface area contributed by atoms with Crippen LogP contribution in [-0.2, 0) is 13.0 Å². The number of aromatic nitrogens is 3. The van der Waals surface area contributed by atoms with Crippen LogP contribution in [0.5, 0.6) is 5.75 Å². The van der Waals surface area contributed by atoms with Gasteiger partial charge in [0.15, 0.2) is 18.2 Å². The monoisotopic (exact) mass is 562 g/mol. The van der Waals surface area contributed by atoms with E-state index >= 15 is 0 Å². The highest BCUT2D eigenvalue weighted by Crippen LogP contribution is 2.19. The zero-order valence-electron chi connectivity index (χ0n) is 17.6. The topological polar surface area (TPSA) is 75.8 Å². The van der Waals surface area contributed by atoms with Gasteiger partial charge >= 0.3 is 6.18 Å². The molecule has 0 bridgehead atoms. The predicted octanol–water partition coefficient (Wildman–Crippen LogP) is 3.98. The Morgan fingerprint density at radius 3 is 2.59 bits per heavy atom. The van der Waals surface area contributed by atoms with E-state index in [2.05, 4.69) is 25.8 Å². The van der Waals surface area contributed by atoms with Crippen LogP contribution in [0.15, 0.2) is 53.7 Å². The van der Waals surface area contributed by atoms with Gasteiger partial charge in [0, 0.05) is 25.7 Å². The van der Waals surface area contributed by atoms with Gasteiger partial charge in [0.25, 0.3) is 0 Å². The van der Waals surface area contributed by atoms with Crippen molar-refractivity contribution in [2.45, 2.75) is 32.5 Å². The molecule has 11 heteroatoms. The van der Waals surface area contributed by atoms with E-state index < -0.39 is 12.8 Å². The third kappa shape index (κ3) is 8.17. The zero-order valence-corrected chi connectivity index (χ0v) is 19.9. The summed E-state index contributed by atoms with van der Waals surface area (Å²) in [7, 11) is 0. The molecule has 2 aromatic heterocycles. The first-order valence-corrected chi connectivity index (χ1v) is 10.0. The first-order valence-electron chi connectivity index (χ1n) is 10.0. The molecule has 0 atom stereocenters. The number of halogens is 4. The lowest BCUT2D eigenvalue weighted by Gasteiger charge is -2.11. The maximum atomic E-state index is 12.2. The normalized spacial score (nSPS) is 11.8. The van der Waals surface area contributed by atoms with E-state index in [0.29, 0.717) is 25.6 Å². The van der Waals surface area contributed by atoms with Gasteiger partial charge in [0.2, 0.25) is 0 Å². The Balaban J connectivity index is 0.00000363. The van der Waals surface area contributed by atoms with E-state index in [9.17, 15) is 13.2 Å². The van der Waals surface area contributed by atoms with Gasteiger partial charge in [-0.1, -0.05) is 18.2 Å². The fraction of sp³-hybridized carbons (Fsp3) is 0.381. The van der Waals surface area contributed by atoms with Gasteiger partial charge in [0.1, 0.15) is 11.6 Å². The molecule has 0 aliphatic carbocycles. The van der Waals surface area contributed by atoms with Gasteiger partial charge in [-0.2, -0.15) is 13.2 Å². The maximum Gasteiger partial charge on any atom is 0.422 e. The Labute approximate surface area is 201 Å². The maximum absolute atomic E-state index is 12.2. The average molecular weight is 562 g/mol. The highest BCUT2D eigenvalue weighted by atomic mass is 127. The molecule has 32 heavy (non-hydrogen) atoms. The lowest BCUT2D eigenvalue weighted by Crippen LogP contribution is -2.37. The number of nitrogens with one attached hydrogen (secondary N) is 2. The molecule has 0 spiro atoms. The minimum atomic E-state index is -4.35. The standard InChI is InChI=1S/C21H25F3N6O.HI/c1-2-25-20(26-12-5-7-19-29-28-18-6-3-4-13-30(18)19)27-14-16-8-10-17(11-9-16)31-15-21(22,23)24;/h3-4,6,8-11,13H,2,5,7,12,14-15H2,1H3,(H2,25,26,27);1H. The first-order chi connectivity index (χ1) is 14.9. The number of fused-ring (bicyclic) bond motifs is 1. The molecule has 0 saturated carbocycles. The number of alkyl halides is 3. The van der Waals surface area contributed by atoms with Gasteiger partial charge in [-0.3, -0.25) is 4.40 Å². The summed E-state index contributed by atoms with van der Waals surface area (Å²) < 4.78 is 43.3. The molecule has 3 rings (SSSR count). The largest absolute Gasteiger partial charge is 0.484 e. The highest BCUT2D eigenvalue weighted by Gasteiger charge is 2.28. The summed E-state index contributed by atoms with van der Waals surface area (Å²) in [6.07, 6.45) is -0.776. The van der Waals surface area contributed by atoms with E-state index in [4.69, 9.17) is 4.74 Å². The van der Waals surface area contributed by atoms with Crippen LogP contribution in [0.1, 0.15) is 24.7 Å². The van der Waals surface area contributed by atoms with Crippen molar-refractivity contribution >= 4 is 35.6 Å². The van der Waals surface area contributed by atoms with Crippen molar-refractivity contribution in [2.75, 3.05) is 19.7 Å². The average Bonchev–Trinajstić information content (AvgIpc) is 3.17. The molecule has 2 heterocycles. The second kappa shape index (κ2) is 12.5. The minimum absolute atomic E-state index is 0. The van der Waals surface area contributed by atoms with E-state index in [1.165, 1.54) is 12.1 Å². The summed E-state index contributed by atoms with van der Waals surface area (Å²) in [6.45, 7) is 2.49.